The van der Waals surface area contributed by atoms with Crippen molar-refractivity contribution in [2.75, 3.05) is 14.2 Å². The average molecular weight is 290 g/mol. The summed E-state index contributed by atoms with van der Waals surface area (Å²) in [6, 6.07) is 1.69. The lowest BCUT2D eigenvalue weighted by molar-refractivity contribution is 0.234. The highest BCUT2D eigenvalue weighted by Crippen LogP contribution is 2.18. The van der Waals surface area contributed by atoms with Gasteiger partial charge in [0.2, 0.25) is 5.88 Å². The first kappa shape index (κ1) is 14.8. The van der Waals surface area contributed by atoms with Crippen LogP contribution in [-0.4, -0.2) is 36.3 Å². The van der Waals surface area contributed by atoms with Crippen LogP contribution in [0.25, 0.3) is 6.08 Å². The molecule has 2 heterocycles. The molecule has 2 N–H and O–H groups in total. The van der Waals surface area contributed by atoms with E-state index in [2.05, 4.69) is 27.2 Å². The molecule has 1 aromatic rings. The third-order valence-electron chi connectivity index (χ3n) is 2.94. The molecule has 0 spiro atoms. The number of carbonyl (C=O) groups excluding carboxylic acids is 1. The van der Waals surface area contributed by atoms with Crippen molar-refractivity contribution < 1.29 is 14.3 Å². The summed E-state index contributed by atoms with van der Waals surface area (Å²) < 4.78 is 10.1. The maximum absolute atomic E-state index is 11.6. The molecule has 1 fully saturated rings. The molecule has 0 unspecified atom stereocenters. The van der Waals surface area contributed by atoms with Gasteiger partial charge in [-0.3, -0.25) is 0 Å². The van der Waals surface area contributed by atoms with Crippen LogP contribution in [0.15, 0.2) is 24.4 Å². The van der Waals surface area contributed by atoms with Crippen LogP contribution in [0.3, 0.4) is 0 Å². The molecule has 7 nitrogen and oxygen atoms in total. The van der Waals surface area contributed by atoms with E-state index in [0.29, 0.717) is 24.4 Å². The van der Waals surface area contributed by atoms with Crippen LogP contribution >= 0.6 is 0 Å². The fraction of sp³-hybridized carbons (Fsp3) is 0.357. The van der Waals surface area contributed by atoms with E-state index < -0.39 is 0 Å². The van der Waals surface area contributed by atoms with E-state index in [9.17, 15) is 4.79 Å². The summed E-state index contributed by atoms with van der Waals surface area (Å²) in [6.07, 6.45) is 4.94. The third kappa shape index (κ3) is 3.95. The molecule has 1 aromatic heterocycles. The van der Waals surface area contributed by atoms with Gasteiger partial charge in [0.25, 0.3) is 0 Å². The second kappa shape index (κ2) is 6.74. The zero-order valence-electron chi connectivity index (χ0n) is 12.0. The summed E-state index contributed by atoms with van der Waals surface area (Å²) >= 11 is 0. The minimum absolute atomic E-state index is 0.0353. The van der Waals surface area contributed by atoms with Crippen molar-refractivity contribution in [3.8, 4) is 11.9 Å². The Bertz CT molecular complexity index is 549. The van der Waals surface area contributed by atoms with Gasteiger partial charge in [0.05, 0.1) is 19.9 Å². The largest absolute Gasteiger partial charge is 0.481 e. The summed E-state index contributed by atoms with van der Waals surface area (Å²) in [6.45, 7) is 3.69. The molecule has 1 aliphatic rings. The monoisotopic (exact) mass is 290 g/mol. The van der Waals surface area contributed by atoms with E-state index >= 15 is 0 Å². The van der Waals surface area contributed by atoms with E-state index in [1.165, 1.54) is 14.2 Å². The molecular formula is C14H18N4O3. The summed E-state index contributed by atoms with van der Waals surface area (Å²) in [7, 11) is 3.00. The maximum atomic E-state index is 11.6. The highest BCUT2D eigenvalue weighted by atomic mass is 16.5. The van der Waals surface area contributed by atoms with E-state index in [4.69, 9.17) is 9.47 Å². The van der Waals surface area contributed by atoms with Crippen molar-refractivity contribution in [1.29, 1.82) is 0 Å². The molecule has 112 valence electrons. The number of nitrogens with zero attached hydrogens (tertiary/aromatic N) is 2. The smallest absolute Gasteiger partial charge is 0.319 e. The summed E-state index contributed by atoms with van der Waals surface area (Å²) in [5.41, 5.74) is 1.38. The molecule has 1 atom stereocenters. The fourth-order valence-corrected chi connectivity index (χ4v) is 2.04. The van der Waals surface area contributed by atoms with Gasteiger partial charge in [0, 0.05) is 24.2 Å². The fourth-order valence-electron chi connectivity index (χ4n) is 2.04. The molecule has 0 radical (unpaired) electrons. The zero-order chi connectivity index (χ0) is 15.2. The molecule has 0 saturated carbocycles. The molecule has 0 bridgehead atoms. The number of amides is 2. The van der Waals surface area contributed by atoms with Crippen LogP contribution in [0.5, 0.6) is 11.9 Å². The van der Waals surface area contributed by atoms with Gasteiger partial charge >= 0.3 is 12.0 Å². The Morgan fingerprint density at radius 2 is 2.24 bits per heavy atom. The molecule has 7 heteroatoms. The molecule has 0 aromatic carbocycles. The maximum Gasteiger partial charge on any atom is 0.319 e. The van der Waals surface area contributed by atoms with Crippen molar-refractivity contribution in [3.05, 3.63) is 30.1 Å². The third-order valence-corrected chi connectivity index (χ3v) is 2.94. The first-order chi connectivity index (χ1) is 10.1. The Hall–Kier alpha value is -2.57. The molecule has 2 amide bonds. The topological polar surface area (TPSA) is 85.4 Å². The Morgan fingerprint density at radius 1 is 1.43 bits per heavy atom. The van der Waals surface area contributed by atoms with Gasteiger partial charge in [-0.2, -0.15) is 9.97 Å². The average Bonchev–Trinajstić information content (AvgIpc) is 2.46. The highest BCUT2D eigenvalue weighted by molar-refractivity contribution is 5.79. The predicted octanol–water partition coefficient (Wildman–Crippen LogP) is 1.48. The van der Waals surface area contributed by atoms with Gasteiger partial charge in [-0.25, -0.2) is 4.79 Å². The molecular weight excluding hydrogens is 272 g/mol. The Labute approximate surface area is 123 Å². The number of hydrogen-bond donors (Lipinski definition) is 2. The molecule has 0 aliphatic carbocycles. The SMILES string of the molecule is C=CC[C@@H]1C/C(=C/c2cc(OC)nc(OC)n2)NC(=O)N1. The quantitative estimate of drug-likeness (QED) is 0.802. The lowest BCUT2D eigenvalue weighted by atomic mass is 10.1. The first-order valence-electron chi connectivity index (χ1n) is 6.50. The lowest BCUT2D eigenvalue weighted by Gasteiger charge is -2.25. The van der Waals surface area contributed by atoms with Crippen molar-refractivity contribution in [2.45, 2.75) is 18.9 Å². The number of hydrogen-bond acceptors (Lipinski definition) is 5. The minimum atomic E-state index is -0.229. The van der Waals surface area contributed by atoms with Gasteiger partial charge in [-0.15, -0.1) is 6.58 Å². The van der Waals surface area contributed by atoms with Crippen molar-refractivity contribution in [3.63, 3.8) is 0 Å². The number of rotatable bonds is 5. The molecule has 1 saturated heterocycles. The van der Waals surface area contributed by atoms with E-state index in [1.54, 1.807) is 18.2 Å². The van der Waals surface area contributed by atoms with E-state index in [-0.39, 0.29) is 18.1 Å². The number of urea groups is 1. The van der Waals surface area contributed by atoms with Crippen LogP contribution in [0.2, 0.25) is 0 Å². The zero-order valence-corrected chi connectivity index (χ0v) is 12.0. The molecule has 1 aliphatic heterocycles. The van der Waals surface area contributed by atoms with Gasteiger partial charge in [0.1, 0.15) is 0 Å². The van der Waals surface area contributed by atoms with Gasteiger partial charge in [0.15, 0.2) is 0 Å². The number of carbonyl (C=O) groups is 1. The van der Waals surface area contributed by atoms with Crippen molar-refractivity contribution in [1.82, 2.24) is 20.6 Å². The van der Waals surface area contributed by atoms with Gasteiger partial charge < -0.3 is 20.1 Å². The number of nitrogens with one attached hydrogen (secondary N) is 2. The van der Waals surface area contributed by atoms with Crippen molar-refractivity contribution in [2.24, 2.45) is 0 Å². The first-order valence-corrected chi connectivity index (χ1v) is 6.50. The summed E-state index contributed by atoms with van der Waals surface area (Å²) in [5, 5.41) is 5.60. The Morgan fingerprint density at radius 3 is 2.90 bits per heavy atom. The molecule has 2 rings (SSSR count). The molecule has 21 heavy (non-hydrogen) atoms. The van der Waals surface area contributed by atoms with Crippen molar-refractivity contribution >= 4 is 12.1 Å². The van der Waals surface area contributed by atoms with Crippen LogP contribution in [-0.2, 0) is 0 Å². The van der Waals surface area contributed by atoms with Gasteiger partial charge in [-0.1, -0.05) is 6.08 Å². The summed E-state index contributed by atoms with van der Waals surface area (Å²) in [4.78, 5) is 19.8. The van der Waals surface area contributed by atoms with Crippen LogP contribution in [0.4, 0.5) is 4.79 Å². The second-order valence-electron chi connectivity index (χ2n) is 4.52. The number of methoxy groups -OCH3 is 2. The summed E-state index contributed by atoms with van der Waals surface area (Å²) in [5.74, 6) is 0.400. The Kier molecular flexibility index (Phi) is 4.76. The van der Waals surface area contributed by atoms with Gasteiger partial charge in [-0.05, 0) is 12.5 Å². The van der Waals surface area contributed by atoms with E-state index in [1.807, 2.05) is 0 Å². The van der Waals surface area contributed by atoms with Crippen LogP contribution in [0.1, 0.15) is 18.5 Å². The van der Waals surface area contributed by atoms with Crippen LogP contribution in [0, 0.1) is 0 Å². The number of aromatic nitrogens is 2. The van der Waals surface area contributed by atoms with E-state index in [0.717, 1.165) is 5.70 Å². The normalized spacial score (nSPS) is 19.6. The number of ether oxygens (including phenoxy) is 2. The standard InChI is InChI=1S/C14H18N4O3/c1-4-5-9-6-10(16-13(19)15-9)7-11-8-12(20-2)18-14(17-11)21-3/h4,7-9H,1,5-6H2,2-3H3,(H2,15,16,19)/b10-7-/t9-/m1/s1. The lowest BCUT2D eigenvalue weighted by Crippen LogP contribution is -2.47. The minimum Gasteiger partial charge on any atom is -0.481 e. The predicted molar refractivity (Wildman–Crippen MR) is 78.0 cm³/mol. The second-order valence-corrected chi connectivity index (χ2v) is 4.52. The Balaban J connectivity index is 2.25. The highest BCUT2D eigenvalue weighted by Gasteiger charge is 2.20. The van der Waals surface area contributed by atoms with Crippen LogP contribution < -0.4 is 20.1 Å².